The highest BCUT2D eigenvalue weighted by atomic mass is 127. The van der Waals surface area contributed by atoms with Crippen LogP contribution in [0.25, 0.3) is 0 Å². The van der Waals surface area contributed by atoms with E-state index in [4.69, 9.17) is 4.74 Å². The van der Waals surface area contributed by atoms with Gasteiger partial charge in [-0.05, 0) is 19.3 Å². The molecule has 0 aromatic rings. The predicted molar refractivity (Wildman–Crippen MR) is 45.1 cm³/mol. The molecule has 2 bridgehead atoms. The second kappa shape index (κ2) is 1.68. The second-order valence-electron chi connectivity index (χ2n) is 3.45. The number of hydrogen-bond donors (Lipinski definition) is 0. The summed E-state index contributed by atoms with van der Waals surface area (Å²) in [5.74, 6) is 0.00559. The van der Waals surface area contributed by atoms with E-state index >= 15 is 0 Å². The largest absolute Gasteiger partial charge is 0.469 e. The number of rotatable bonds is 1. The zero-order chi connectivity index (χ0) is 7.41. The first-order valence-corrected chi connectivity index (χ1v) is 4.46. The molecular weight excluding hydrogens is 243 g/mol. The molecule has 3 rings (SSSR count). The monoisotopic (exact) mass is 252 g/mol. The smallest absolute Gasteiger partial charge is 0.311 e. The van der Waals surface area contributed by atoms with Crippen LogP contribution in [-0.4, -0.2) is 16.5 Å². The molecule has 3 saturated carbocycles. The van der Waals surface area contributed by atoms with Crippen molar-refractivity contribution in [2.45, 2.75) is 22.7 Å². The molecule has 0 radical (unpaired) electrons. The molecule has 0 heterocycles. The van der Waals surface area contributed by atoms with Gasteiger partial charge in [-0.25, -0.2) is 0 Å². The lowest BCUT2D eigenvalue weighted by Crippen LogP contribution is -2.67. The highest BCUT2D eigenvalue weighted by Gasteiger charge is 2.71. The molecule has 0 unspecified atom stereocenters. The molecule has 0 N–H and O–H groups in total. The minimum absolute atomic E-state index is 0.00559. The summed E-state index contributed by atoms with van der Waals surface area (Å²) in [6.07, 6.45) is 3.15. The SMILES string of the molecule is COC(=O)C12CC(I)(C1)C2. The zero-order valence-electron chi connectivity index (χ0n) is 5.82. The molecule has 0 aromatic carbocycles. The molecule has 0 spiro atoms. The van der Waals surface area contributed by atoms with E-state index < -0.39 is 0 Å². The number of halogens is 1. The average Bonchev–Trinajstić information content (AvgIpc) is 1.77. The van der Waals surface area contributed by atoms with Crippen molar-refractivity contribution >= 4 is 28.6 Å². The standard InChI is InChI=1S/C7H9IO2/c1-10-5(9)6-2-7(8,3-6)4-6/h2-4H2,1H3. The Hall–Kier alpha value is 0.200. The molecular formula is C7H9IO2. The predicted octanol–water partition coefficient (Wildman–Crippen LogP) is 1.52. The summed E-state index contributed by atoms with van der Waals surface area (Å²) in [5.41, 5.74) is -0.0318. The van der Waals surface area contributed by atoms with Crippen LogP contribution in [0.1, 0.15) is 19.3 Å². The zero-order valence-corrected chi connectivity index (χ0v) is 7.97. The molecule has 3 heteroatoms. The van der Waals surface area contributed by atoms with Gasteiger partial charge in [0, 0.05) is 3.42 Å². The van der Waals surface area contributed by atoms with Crippen LogP contribution in [-0.2, 0) is 9.53 Å². The first-order valence-electron chi connectivity index (χ1n) is 3.38. The maximum Gasteiger partial charge on any atom is 0.311 e. The summed E-state index contributed by atoms with van der Waals surface area (Å²) in [5, 5.41) is 0. The van der Waals surface area contributed by atoms with Crippen molar-refractivity contribution in [2.75, 3.05) is 7.11 Å². The van der Waals surface area contributed by atoms with Gasteiger partial charge in [0.25, 0.3) is 0 Å². The molecule has 3 fully saturated rings. The number of methoxy groups -OCH3 is 1. The normalized spacial score (nSPS) is 49.0. The van der Waals surface area contributed by atoms with E-state index in [-0.39, 0.29) is 11.4 Å². The Kier molecular flexibility index (Phi) is 1.15. The van der Waals surface area contributed by atoms with Crippen molar-refractivity contribution in [3.63, 3.8) is 0 Å². The Labute approximate surface area is 73.5 Å². The van der Waals surface area contributed by atoms with E-state index in [1.807, 2.05) is 0 Å². The van der Waals surface area contributed by atoms with Gasteiger partial charge in [0.15, 0.2) is 0 Å². The van der Waals surface area contributed by atoms with Crippen LogP contribution in [0.5, 0.6) is 0 Å². The molecule has 2 nitrogen and oxygen atoms in total. The molecule has 0 saturated heterocycles. The fourth-order valence-corrected chi connectivity index (χ4v) is 4.29. The molecule has 0 aliphatic heterocycles. The molecule has 0 atom stereocenters. The van der Waals surface area contributed by atoms with Crippen LogP contribution in [0.3, 0.4) is 0 Å². The van der Waals surface area contributed by atoms with Gasteiger partial charge in [-0.15, -0.1) is 0 Å². The van der Waals surface area contributed by atoms with Crippen LogP contribution >= 0.6 is 22.6 Å². The number of hydrogen-bond acceptors (Lipinski definition) is 2. The van der Waals surface area contributed by atoms with Crippen LogP contribution in [0.15, 0.2) is 0 Å². The van der Waals surface area contributed by atoms with Crippen molar-refractivity contribution in [1.29, 1.82) is 0 Å². The van der Waals surface area contributed by atoms with Crippen LogP contribution in [0.2, 0.25) is 0 Å². The van der Waals surface area contributed by atoms with Gasteiger partial charge in [0.1, 0.15) is 0 Å². The van der Waals surface area contributed by atoms with E-state index in [1.165, 1.54) is 7.11 Å². The summed E-state index contributed by atoms with van der Waals surface area (Å²) in [4.78, 5) is 11.1. The lowest BCUT2D eigenvalue weighted by atomic mass is 9.44. The van der Waals surface area contributed by atoms with Crippen LogP contribution in [0, 0.1) is 5.41 Å². The second-order valence-corrected chi connectivity index (χ2v) is 5.74. The fraction of sp³-hybridized carbons (Fsp3) is 0.857. The lowest BCUT2D eigenvalue weighted by Gasteiger charge is -2.65. The fourth-order valence-electron chi connectivity index (χ4n) is 2.10. The summed E-state index contributed by atoms with van der Waals surface area (Å²) in [6, 6.07) is 0. The molecule has 3 aliphatic rings. The van der Waals surface area contributed by atoms with Gasteiger partial charge in [-0.1, -0.05) is 22.6 Å². The van der Waals surface area contributed by atoms with Crippen molar-refractivity contribution < 1.29 is 9.53 Å². The van der Waals surface area contributed by atoms with E-state index in [1.54, 1.807) is 0 Å². The van der Waals surface area contributed by atoms with E-state index in [9.17, 15) is 4.79 Å². The maximum atomic E-state index is 11.1. The molecule has 3 aliphatic carbocycles. The van der Waals surface area contributed by atoms with E-state index in [0.29, 0.717) is 3.42 Å². The third-order valence-corrected chi connectivity index (χ3v) is 3.73. The third-order valence-electron chi connectivity index (χ3n) is 2.58. The van der Waals surface area contributed by atoms with Crippen molar-refractivity contribution in [1.82, 2.24) is 0 Å². The van der Waals surface area contributed by atoms with Crippen LogP contribution in [0.4, 0.5) is 0 Å². The minimum Gasteiger partial charge on any atom is -0.469 e. The summed E-state index contributed by atoms with van der Waals surface area (Å²) in [6.45, 7) is 0. The summed E-state index contributed by atoms with van der Waals surface area (Å²) >= 11 is 2.45. The highest BCUT2D eigenvalue weighted by Crippen LogP contribution is 2.72. The number of carbonyl (C=O) groups excluding carboxylic acids is 1. The third kappa shape index (κ3) is 0.619. The Balaban J connectivity index is 2.04. The summed E-state index contributed by atoms with van der Waals surface area (Å²) < 4.78 is 5.18. The first kappa shape index (κ1) is 6.88. The highest BCUT2D eigenvalue weighted by molar-refractivity contribution is 14.1. The Morgan fingerprint density at radius 3 is 2.30 bits per heavy atom. The van der Waals surface area contributed by atoms with E-state index in [0.717, 1.165) is 19.3 Å². The minimum atomic E-state index is -0.0318. The quantitative estimate of drug-likeness (QED) is 0.401. The number of alkyl halides is 1. The van der Waals surface area contributed by atoms with Crippen molar-refractivity contribution in [3.05, 3.63) is 0 Å². The van der Waals surface area contributed by atoms with E-state index in [2.05, 4.69) is 22.6 Å². The average molecular weight is 252 g/mol. The van der Waals surface area contributed by atoms with Crippen molar-refractivity contribution in [3.8, 4) is 0 Å². The summed E-state index contributed by atoms with van der Waals surface area (Å²) in [7, 11) is 1.47. The first-order chi connectivity index (χ1) is 4.60. The van der Waals surface area contributed by atoms with Crippen LogP contribution < -0.4 is 0 Å². The van der Waals surface area contributed by atoms with Gasteiger partial charge in [0.2, 0.25) is 0 Å². The topological polar surface area (TPSA) is 26.3 Å². The Morgan fingerprint density at radius 2 is 2.00 bits per heavy atom. The van der Waals surface area contributed by atoms with Gasteiger partial charge in [0.05, 0.1) is 12.5 Å². The van der Waals surface area contributed by atoms with Gasteiger partial charge < -0.3 is 4.74 Å². The molecule has 0 amide bonds. The van der Waals surface area contributed by atoms with Gasteiger partial charge in [-0.3, -0.25) is 4.79 Å². The number of esters is 1. The molecule has 10 heavy (non-hydrogen) atoms. The lowest BCUT2D eigenvalue weighted by molar-refractivity contribution is -0.178. The number of carbonyl (C=O) groups is 1. The van der Waals surface area contributed by atoms with Gasteiger partial charge >= 0.3 is 5.97 Å². The Bertz CT molecular complexity index is 180. The Morgan fingerprint density at radius 1 is 1.50 bits per heavy atom. The maximum absolute atomic E-state index is 11.1. The molecule has 56 valence electrons. The van der Waals surface area contributed by atoms with Gasteiger partial charge in [-0.2, -0.15) is 0 Å². The molecule has 0 aromatic heterocycles. The van der Waals surface area contributed by atoms with Crippen molar-refractivity contribution in [2.24, 2.45) is 5.41 Å². The number of ether oxygens (including phenoxy) is 1.